The van der Waals surface area contributed by atoms with Crippen molar-refractivity contribution in [2.24, 2.45) is 0 Å². The number of carbonyl (C=O) groups excluding carboxylic acids is 1. The van der Waals surface area contributed by atoms with Gasteiger partial charge in [0.2, 0.25) is 0 Å². The van der Waals surface area contributed by atoms with Crippen LogP contribution in [0, 0.1) is 0 Å². The van der Waals surface area contributed by atoms with Crippen molar-refractivity contribution in [3.63, 3.8) is 0 Å². The maximum Gasteiger partial charge on any atom is 0.410 e. The molecule has 0 saturated carbocycles. The lowest BCUT2D eigenvalue weighted by Gasteiger charge is -2.51. The van der Waals surface area contributed by atoms with E-state index in [9.17, 15) is 18.7 Å². The zero-order valence-electron chi connectivity index (χ0n) is 15.8. The van der Waals surface area contributed by atoms with Crippen LogP contribution in [0.1, 0.15) is 36.0 Å². The normalized spacial score (nSPS) is 26.4. The van der Waals surface area contributed by atoms with Gasteiger partial charge in [0.1, 0.15) is 6.61 Å². The number of hydrogen-bond acceptors (Lipinski definition) is 4. The first kappa shape index (κ1) is 19.8. The number of hydrogen-bond donors (Lipinski definition) is 1. The maximum absolute atomic E-state index is 13.1. The smallest absolute Gasteiger partial charge is 0.410 e. The first-order valence-corrected chi connectivity index (χ1v) is 9.64. The number of benzene rings is 2. The zero-order valence-corrected chi connectivity index (χ0v) is 15.8. The fraction of sp³-hybridized carbons (Fsp3) is 0.409. The number of halogens is 2. The van der Waals surface area contributed by atoms with Crippen LogP contribution in [0.15, 0.2) is 54.6 Å². The monoisotopic (exact) mass is 403 g/mol. The molecule has 7 heteroatoms. The summed E-state index contributed by atoms with van der Waals surface area (Å²) < 4.78 is 37.3. The van der Waals surface area contributed by atoms with Crippen LogP contribution < -0.4 is 0 Å². The number of piperidine rings is 1. The van der Waals surface area contributed by atoms with Crippen molar-refractivity contribution in [2.75, 3.05) is 13.2 Å². The average Bonchev–Trinajstić information content (AvgIpc) is 2.72. The summed E-state index contributed by atoms with van der Waals surface area (Å²) in [5.74, 6) is 0. The number of aliphatic hydroxyl groups is 1. The van der Waals surface area contributed by atoms with Gasteiger partial charge in [-0.05, 0) is 17.2 Å². The standard InChI is InChI=1S/C22H23F2NO4/c23-20(24)16-7-4-8-17(9-16)22(27)10-18-13-28-14-19(11-22)25(18)21(26)29-12-15-5-2-1-3-6-15/h1-9,18-20,27H,10-14H2. The zero-order chi connectivity index (χ0) is 20.4. The van der Waals surface area contributed by atoms with Crippen molar-refractivity contribution >= 4 is 6.09 Å². The molecule has 2 aliphatic heterocycles. The molecule has 2 aromatic rings. The van der Waals surface area contributed by atoms with Gasteiger partial charge in [-0.15, -0.1) is 0 Å². The minimum atomic E-state index is -2.60. The number of rotatable bonds is 4. The number of ether oxygens (including phenoxy) is 2. The van der Waals surface area contributed by atoms with Gasteiger partial charge in [-0.1, -0.05) is 48.5 Å². The average molecular weight is 403 g/mol. The lowest BCUT2D eigenvalue weighted by atomic mass is 9.76. The van der Waals surface area contributed by atoms with Crippen LogP contribution in [0.2, 0.25) is 0 Å². The van der Waals surface area contributed by atoms with E-state index in [0.717, 1.165) is 5.56 Å². The van der Waals surface area contributed by atoms with E-state index in [1.807, 2.05) is 30.3 Å². The molecule has 0 aromatic heterocycles. The molecule has 2 heterocycles. The Bertz CT molecular complexity index is 847. The summed E-state index contributed by atoms with van der Waals surface area (Å²) in [6, 6.07) is 14.5. The van der Waals surface area contributed by atoms with Crippen LogP contribution in [0.4, 0.5) is 13.6 Å². The Hall–Kier alpha value is -2.51. The second-order valence-corrected chi connectivity index (χ2v) is 7.66. The molecule has 1 amide bonds. The van der Waals surface area contributed by atoms with Crippen LogP contribution in [0.3, 0.4) is 0 Å². The topological polar surface area (TPSA) is 59.0 Å². The highest BCUT2D eigenvalue weighted by Crippen LogP contribution is 2.42. The van der Waals surface area contributed by atoms with E-state index in [-0.39, 0.29) is 50.3 Å². The Kier molecular flexibility index (Phi) is 5.52. The highest BCUT2D eigenvalue weighted by atomic mass is 19.3. The summed E-state index contributed by atoms with van der Waals surface area (Å²) in [4.78, 5) is 14.4. The number of carbonyl (C=O) groups is 1. The van der Waals surface area contributed by atoms with E-state index < -0.39 is 18.1 Å². The van der Waals surface area contributed by atoms with E-state index in [1.54, 1.807) is 11.0 Å². The summed E-state index contributed by atoms with van der Waals surface area (Å²) in [7, 11) is 0. The molecular formula is C22H23F2NO4. The summed E-state index contributed by atoms with van der Waals surface area (Å²) >= 11 is 0. The van der Waals surface area contributed by atoms with E-state index in [4.69, 9.17) is 9.47 Å². The number of morpholine rings is 1. The molecule has 2 saturated heterocycles. The first-order valence-electron chi connectivity index (χ1n) is 9.64. The molecule has 4 rings (SSSR count). The fourth-order valence-corrected chi connectivity index (χ4v) is 4.27. The Morgan fingerprint density at radius 3 is 2.48 bits per heavy atom. The minimum Gasteiger partial charge on any atom is -0.445 e. The second-order valence-electron chi connectivity index (χ2n) is 7.66. The molecular weight excluding hydrogens is 380 g/mol. The quantitative estimate of drug-likeness (QED) is 0.838. The predicted molar refractivity (Wildman–Crippen MR) is 101 cm³/mol. The van der Waals surface area contributed by atoms with Crippen molar-refractivity contribution in [1.29, 1.82) is 0 Å². The van der Waals surface area contributed by atoms with Gasteiger partial charge >= 0.3 is 6.09 Å². The molecule has 5 nitrogen and oxygen atoms in total. The third-order valence-electron chi connectivity index (χ3n) is 5.65. The number of fused-ring (bicyclic) bond motifs is 2. The van der Waals surface area contributed by atoms with Crippen LogP contribution in [-0.2, 0) is 21.7 Å². The summed E-state index contributed by atoms with van der Waals surface area (Å²) in [6.07, 6.45) is -2.64. The second kappa shape index (κ2) is 8.08. The van der Waals surface area contributed by atoms with E-state index in [1.165, 1.54) is 18.2 Å². The van der Waals surface area contributed by atoms with Crippen molar-refractivity contribution in [1.82, 2.24) is 4.90 Å². The maximum atomic E-state index is 13.1. The Labute approximate surface area is 167 Å². The molecule has 0 aliphatic carbocycles. The SMILES string of the molecule is O=C(OCc1ccccc1)N1C2COCC1CC(O)(c1cccc(C(F)F)c1)C2. The van der Waals surface area contributed by atoms with Crippen LogP contribution in [0.5, 0.6) is 0 Å². The van der Waals surface area contributed by atoms with E-state index in [2.05, 4.69) is 0 Å². The largest absolute Gasteiger partial charge is 0.445 e. The fourth-order valence-electron chi connectivity index (χ4n) is 4.27. The highest BCUT2D eigenvalue weighted by Gasteiger charge is 2.49. The highest BCUT2D eigenvalue weighted by molar-refractivity contribution is 5.69. The van der Waals surface area contributed by atoms with Crippen LogP contribution in [-0.4, -0.2) is 41.4 Å². The third kappa shape index (κ3) is 4.11. The lowest BCUT2D eigenvalue weighted by molar-refractivity contribution is -0.137. The minimum absolute atomic E-state index is 0.123. The molecule has 2 aliphatic rings. The molecule has 29 heavy (non-hydrogen) atoms. The lowest BCUT2D eigenvalue weighted by Crippen LogP contribution is -2.62. The van der Waals surface area contributed by atoms with Gasteiger partial charge in [-0.2, -0.15) is 0 Å². The molecule has 2 bridgehead atoms. The Morgan fingerprint density at radius 1 is 1.14 bits per heavy atom. The van der Waals surface area contributed by atoms with Crippen molar-refractivity contribution < 1.29 is 28.2 Å². The molecule has 0 spiro atoms. The molecule has 2 atom stereocenters. The predicted octanol–water partition coefficient (Wildman–Crippen LogP) is 4.01. The van der Waals surface area contributed by atoms with Crippen molar-refractivity contribution in [3.05, 3.63) is 71.3 Å². The molecule has 0 radical (unpaired) electrons. The Balaban J connectivity index is 1.50. The van der Waals surface area contributed by atoms with Gasteiger partial charge in [0.25, 0.3) is 6.43 Å². The number of nitrogens with zero attached hydrogens (tertiary/aromatic N) is 1. The van der Waals surface area contributed by atoms with Gasteiger partial charge in [-0.3, -0.25) is 4.90 Å². The van der Waals surface area contributed by atoms with Crippen LogP contribution in [0.25, 0.3) is 0 Å². The molecule has 2 unspecified atom stereocenters. The van der Waals surface area contributed by atoms with Gasteiger partial charge in [0.15, 0.2) is 0 Å². The van der Waals surface area contributed by atoms with Crippen LogP contribution >= 0.6 is 0 Å². The van der Waals surface area contributed by atoms with Gasteiger partial charge in [0.05, 0.1) is 30.9 Å². The van der Waals surface area contributed by atoms with Crippen molar-refractivity contribution in [3.8, 4) is 0 Å². The molecule has 1 N–H and O–H groups in total. The number of alkyl halides is 2. The molecule has 2 fully saturated rings. The van der Waals surface area contributed by atoms with Crippen molar-refractivity contribution in [2.45, 2.75) is 43.6 Å². The first-order chi connectivity index (χ1) is 14.0. The third-order valence-corrected chi connectivity index (χ3v) is 5.65. The van der Waals surface area contributed by atoms with E-state index >= 15 is 0 Å². The summed E-state index contributed by atoms with van der Waals surface area (Å²) in [6.45, 7) is 0.707. The van der Waals surface area contributed by atoms with E-state index in [0.29, 0.717) is 5.56 Å². The summed E-state index contributed by atoms with van der Waals surface area (Å²) in [5.41, 5.74) is -0.0774. The molecule has 2 aromatic carbocycles. The molecule has 154 valence electrons. The van der Waals surface area contributed by atoms with Gasteiger partial charge in [-0.25, -0.2) is 13.6 Å². The number of amides is 1. The summed E-state index contributed by atoms with van der Waals surface area (Å²) in [5, 5.41) is 11.3. The van der Waals surface area contributed by atoms with Gasteiger partial charge < -0.3 is 14.6 Å². The Morgan fingerprint density at radius 2 is 1.83 bits per heavy atom. The van der Waals surface area contributed by atoms with Gasteiger partial charge in [0, 0.05) is 18.4 Å².